The highest BCUT2D eigenvalue weighted by molar-refractivity contribution is 7.92. The number of benzene rings is 1. The summed E-state index contributed by atoms with van der Waals surface area (Å²) in [5.74, 6) is 0. The van der Waals surface area contributed by atoms with E-state index in [-0.39, 0.29) is 0 Å². The van der Waals surface area contributed by atoms with E-state index in [2.05, 4.69) is 10.3 Å². The van der Waals surface area contributed by atoms with Crippen LogP contribution in [0.2, 0.25) is 0 Å². The maximum Gasteiger partial charge on any atom is 0.154 e. The van der Waals surface area contributed by atoms with Crippen LogP contribution in [-0.2, 0) is 34.3 Å². The van der Waals surface area contributed by atoms with Crippen molar-refractivity contribution in [2.24, 2.45) is 0 Å². The number of sulfone groups is 1. The third-order valence-corrected chi connectivity index (χ3v) is 7.06. The first kappa shape index (κ1) is 18.1. The van der Waals surface area contributed by atoms with Gasteiger partial charge in [0.05, 0.1) is 30.7 Å². The number of ether oxygens (including phenoxy) is 1. The van der Waals surface area contributed by atoms with Gasteiger partial charge in [-0.05, 0) is 18.4 Å². The van der Waals surface area contributed by atoms with Crippen LogP contribution in [0.3, 0.4) is 0 Å². The summed E-state index contributed by atoms with van der Waals surface area (Å²) in [5, 5.41) is 8.24. The maximum atomic E-state index is 12.4. The molecule has 1 aliphatic rings. The van der Waals surface area contributed by atoms with Gasteiger partial charge in [0.15, 0.2) is 9.84 Å². The molecular weight excluding hydrogens is 338 g/mol. The predicted molar refractivity (Wildman–Crippen MR) is 95.6 cm³/mol. The Morgan fingerprint density at radius 1 is 1.12 bits per heavy atom. The second kappa shape index (κ2) is 7.66. The Hall–Kier alpha value is -1.73. The van der Waals surface area contributed by atoms with Gasteiger partial charge in [-0.15, -0.1) is 5.10 Å². The van der Waals surface area contributed by atoms with E-state index in [4.69, 9.17) is 4.74 Å². The van der Waals surface area contributed by atoms with Gasteiger partial charge in [0.2, 0.25) is 0 Å². The van der Waals surface area contributed by atoms with Crippen molar-refractivity contribution in [1.29, 1.82) is 0 Å². The lowest BCUT2D eigenvalue weighted by molar-refractivity contribution is 0.104. The van der Waals surface area contributed by atoms with E-state index in [9.17, 15) is 8.42 Å². The molecule has 2 aromatic rings. The maximum absolute atomic E-state index is 12.4. The lowest BCUT2D eigenvalue weighted by atomic mass is 9.88. The Balaban J connectivity index is 1.60. The van der Waals surface area contributed by atoms with Crippen LogP contribution in [0, 0.1) is 0 Å². The monoisotopic (exact) mass is 363 g/mol. The summed E-state index contributed by atoms with van der Waals surface area (Å²) in [6.07, 6.45) is 7.56. The summed E-state index contributed by atoms with van der Waals surface area (Å²) >= 11 is 0. The van der Waals surface area contributed by atoms with Gasteiger partial charge in [-0.3, -0.25) is 4.68 Å². The molecule has 0 N–H and O–H groups in total. The average molecular weight is 363 g/mol. The molecule has 0 spiro atoms. The van der Waals surface area contributed by atoms with E-state index in [1.165, 1.54) is 6.26 Å². The van der Waals surface area contributed by atoms with Crippen molar-refractivity contribution in [3.05, 3.63) is 47.8 Å². The number of nitrogens with zero attached hydrogens (tertiary/aromatic N) is 3. The highest BCUT2D eigenvalue weighted by atomic mass is 32.2. The highest BCUT2D eigenvalue weighted by Gasteiger charge is 2.42. The lowest BCUT2D eigenvalue weighted by Crippen LogP contribution is -2.44. The first-order valence-electron chi connectivity index (χ1n) is 8.69. The zero-order valence-corrected chi connectivity index (χ0v) is 15.4. The third-order valence-electron chi connectivity index (χ3n) is 4.95. The minimum absolute atomic E-state index is 0.362. The molecule has 1 aromatic heterocycles. The summed E-state index contributed by atoms with van der Waals surface area (Å²) in [4.78, 5) is 0. The molecule has 1 heterocycles. The molecule has 0 aliphatic heterocycles. The SMILES string of the molecule is CS(=O)(=O)C1(Cn2cc(COCc3ccccc3)nn2)CCCCC1. The van der Waals surface area contributed by atoms with Crippen LogP contribution in [-0.4, -0.2) is 34.4 Å². The standard InChI is InChI=1S/C18H25N3O3S/c1-25(22,23)18(10-6-3-7-11-18)15-21-12-17(19-20-21)14-24-13-16-8-4-2-5-9-16/h2,4-5,8-9,12H,3,6-7,10-11,13-15H2,1H3. The first-order chi connectivity index (χ1) is 12.0. The smallest absolute Gasteiger partial charge is 0.154 e. The molecule has 0 bridgehead atoms. The van der Waals surface area contributed by atoms with Crippen LogP contribution >= 0.6 is 0 Å². The molecule has 1 saturated carbocycles. The fourth-order valence-corrected chi connectivity index (χ4v) is 4.86. The summed E-state index contributed by atoms with van der Waals surface area (Å²) in [5.41, 5.74) is 1.82. The van der Waals surface area contributed by atoms with E-state index in [1.807, 2.05) is 30.3 Å². The van der Waals surface area contributed by atoms with E-state index in [1.54, 1.807) is 10.9 Å². The Kier molecular flexibility index (Phi) is 5.54. The zero-order valence-electron chi connectivity index (χ0n) is 14.6. The largest absolute Gasteiger partial charge is 0.370 e. The Morgan fingerprint density at radius 2 is 1.84 bits per heavy atom. The molecule has 0 unspecified atom stereocenters. The number of hydrogen-bond acceptors (Lipinski definition) is 5. The van der Waals surface area contributed by atoms with Gasteiger partial charge in [-0.25, -0.2) is 8.42 Å². The van der Waals surface area contributed by atoms with Gasteiger partial charge >= 0.3 is 0 Å². The third kappa shape index (κ3) is 4.46. The highest BCUT2D eigenvalue weighted by Crippen LogP contribution is 2.36. The fraction of sp³-hybridized carbons (Fsp3) is 0.556. The van der Waals surface area contributed by atoms with Gasteiger partial charge < -0.3 is 4.74 Å². The second-order valence-corrected chi connectivity index (χ2v) is 9.31. The zero-order chi connectivity index (χ0) is 17.8. The molecule has 136 valence electrons. The van der Waals surface area contributed by atoms with Crippen molar-refractivity contribution >= 4 is 9.84 Å². The van der Waals surface area contributed by atoms with Gasteiger partial charge in [-0.2, -0.15) is 0 Å². The molecule has 1 aromatic carbocycles. The Bertz CT molecular complexity index is 781. The first-order valence-corrected chi connectivity index (χ1v) is 10.6. The van der Waals surface area contributed by atoms with E-state index >= 15 is 0 Å². The molecule has 0 atom stereocenters. The molecule has 0 saturated heterocycles. The van der Waals surface area contributed by atoms with Crippen molar-refractivity contribution in [1.82, 2.24) is 15.0 Å². The van der Waals surface area contributed by atoms with E-state index in [0.29, 0.717) is 32.6 Å². The molecular formula is C18H25N3O3S. The molecule has 7 heteroatoms. The molecule has 0 radical (unpaired) electrons. The van der Waals surface area contributed by atoms with Crippen molar-refractivity contribution in [3.8, 4) is 0 Å². The number of hydrogen-bond donors (Lipinski definition) is 0. The van der Waals surface area contributed by atoms with Gasteiger partial charge in [0.25, 0.3) is 0 Å². The summed E-state index contributed by atoms with van der Waals surface area (Å²) in [6, 6.07) is 9.94. The van der Waals surface area contributed by atoms with Crippen molar-refractivity contribution < 1.29 is 13.2 Å². The van der Waals surface area contributed by atoms with Crippen LogP contribution in [0.5, 0.6) is 0 Å². The molecule has 0 amide bonds. The average Bonchev–Trinajstić information content (AvgIpc) is 3.03. The van der Waals surface area contributed by atoms with Crippen LogP contribution in [0.4, 0.5) is 0 Å². The molecule has 3 rings (SSSR count). The van der Waals surface area contributed by atoms with Gasteiger partial charge in [-0.1, -0.05) is 54.8 Å². The topological polar surface area (TPSA) is 74.1 Å². The number of aromatic nitrogens is 3. The van der Waals surface area contributed by atoms with Gasteiger partial charge in [0, 0.05) is 6.26 Å². The van der Waals surface area contributed by atoms with Crippen molar-refractivity contribution in [3.63, 3.8) is 0 Å². The van der Waals surface area contributed by atoms with Crippen LogP contribution < -0.4 is 0 Å². The summed E-state index contributed by atoms with van der Waals surface area (Å²) in [6.45, 7) is 1.25. The van der Waals surface area contributed by atoms with Crippen LogP contribution in [0.1, 0.15) is 43.4 Å². The molecule has 6 nitrogen and oxygen atoms in total. The van der Waals surface area contributed by atoms with Crippen LogP contribution in [0.15, 0.2) is 36.5 Å². The minimum atomic E-state index is -3.15. The van der Waals surface area contributed by atoms with Crippen molar-refractivity contribution in [2.45, 2.75) is 56.6 Å². The lowest BCUT2D eigenvalue weighted by Gasteiger charge is -2.35. The van der Waals surface area contributed by atoms with Gasteiger partial charge in [0.1, 0.15) is 5.69 Å². The second-order valence-electron chi connectivity index (χ2n) is 6.90. The van der Waals surface area contributed by atoms with E-state index < -0.39 is 14.6 Å². The van der Waals surface area contributed by atoms with Crippen LogP contribution in [0.25, 0.3) is 0 Å². The normalized spacial score (nSPS) is 17.5. The minimum Gasteiger partial charge on any atom is -0.370 e. The predicted octanol–water partition coefficient (Wildman–Crippen LogP) is 2.74. The summed E-state index contributed by atoms with van der Waals surface area (Å²) < 4.78 is 31.3. The molecule has 25 heavy (non-hydrogen) atoms. The van der Waals surface area contributed by atoms with Crippen molar-refractivity contribution in [2.75, 3.05) is 6.26 Å². The summed E-state index contributed by atoms with van der Waals surface area (Å²) in [7, 11) is -3.15. The molecule has 1 fully saturated rings. The Morgan fingerprint density at radius 3 is 2.52 bits per heavy atom. The molecule has 1 aliphatic carbocycles. The quantitative estimate of drug-likeness (QED) is 0.756. The Labute approximate surface area is 149 Å². The number of rotatable bonds is 7. The fourth-order valence-electron chi connectivity index (χ4n) is 3.47. The van der Waals surface area contributed by atoms with E-state index in [0.717, 1.165) is 30.5 Å².